The molecule has 1 heteroatoms. The molecule has 5 atom stereocenters. The molecule has 76 valence electrons. The van der Waals surface area contributed by atoms with E-state index in [0.717, 1.165) is 29.6 Å². The molecule has 0 amide bonds. The van der Waals surface area contributed by atoms with Crippen LogP contribution in [0.3, 0.4) is 0 Å². The highest BCUT2D eigenvalue weighted by atomic mass is 28.2. The Morgan fingerprint density at radius 2 is 1.92 bits per heavy atom. The van der Waals surface area contributed by atoms with Crippen LogP contribution >= 0.6 is 0 Å². The highest BCUT2D eigenvalue weighted by Gasteiger charge is 2.47. The molecule has 0 N–H and O–H groups in total. The van der Waals surface area contributed by atoms with Crippen LogP contribution in [0.5, 0.6) is 0 Å². The van der Waals surface area contributed by atoms with Crippen LogP contribution in [0.1, 0.15) is 33.1 Å². The second kappa shape index (κ2) is 3.76. The van der Waals surface area contributed by atoms with Crippen molar-refractivity contribution in [3.8, 4) is 0 Å². The van der Waals surface area contributed by atoms with Crippen LogP contribution in [-0.4, -0.2) is 9.52 Å². The predicted molar refractivity (Wildman–Crippen MR) is 61.9 cm³/mol. The van der Waals surface area contributed by atoms with Gasteiger partial charge in [0.15, 0.2) is 0 Å². The van der Waals surface area contributed by atoms with Crippen LogP contribution in [0.15, 0.2) is 0 Å². The maximum Gasteiger partial charge on any atom is 0.0166 e. The minimum atomic E-state index is 0.335. The monoisotopic (exact) mass is 196 g/mol. The maximum atomic E-state index is 2.50. The molecular weight excluding hydrogens is 172 g/mol. The molecule has 5 unspecified atom stereocenters. The summed E-state index contributed by atoms with van der Waals surface area (Å²) in [6.07, 6.45) is 4.75. The van der Waals surface area contributed by atoms with Crippen molar-refractivity contribution in [1.82, 2.24) is 0 Å². The van der Waals surface area contributed by atoms with Crippen molar-refractivity contribution in [2.45, 2.75) is 45.7 Å². The van der Waals surface area contributed by atoms with Crippen LogP contribution in [0, 0.1) is 29.6 Å². The van der Waals surface area contributed by atoms with Gasteiger partial charge in [0.2, 0.25) is 0 Å². The molecule has 0 aromatic rings. The van der Waals surface area contributed by atoms with Crippen molar-refractivity contribution in [3.05, 3.63) is 0 Å². The highest BCUT2D eigenvalue weighted by molar-refractivity contribution is 6.33. The first-order chi connectivity index (χ1) is 6.24. The Morgan fingerprint density at radius 1 is 1.15 bits per heavy atom. The third-order valence-electron chi connectivity index (χ3n) is 4.96. The fourth-order valence-electron chi connectivity index (χ4n) is 3.89. The standard InChI is InChI=1S/C12H24Si/c1-8-9(2)12-7-11(8)6-10(12)4-5-13-3/h8-12H,4-7,13H2,1-3H3. The first kappa shape index (κ1) is 9.76. The van der Waals surface area contributed by atoms with Gasteiger partial charge in [0, 0.05) is 9.52 Å². The average molecular weight is 196 g/mol. The van der Waals surface area contributed by atoms with E-state index in [1.54, 1.807) is 25.3 Å². The third-order valence-corrected chi connectivity index (χ3v) is 6.08. The Kier molecular flexibility index (Phi) is 2.82. The van der Waals surface area contributed by atoms with E-state index in [4.69, 9.17) is 0 Å². The molecule has 0 radical (unpaired) electrons. The minimum absolute atomic E-state index is 0.335. The van der Waals surface area contributed by atoms with Crippen molar-refractivity contribution in [1.29, 1.82) is 0 Å². The average Bonchev–Trinajstić information content (AvgIpc) is 2.64. The quantitative estimate of drug-likeness (QED) is 0.609. The van der Waals surface area contributed by atoms with Gasteiger partial charge < -0.3 is 0 Å². The van der Waals surface area contributed by atoms with Crippen LogP contribution in [0.25, 0.3) is 0 Å². The zero-order valence-electron chi connectivity index (χ0n) is 9.42. The van der Waals surface area contributed by atoms with E-state index in [1.165, 1.54) is 0 Å². The summed E-state index contributed by atoms with van der Waals surface area (Å²) >= 11 is 0. The zero-order chi connectivity index (χ0) is 9.42. The second-order valence-corrected chi connectivity index (χ2v) is 7.22. The molecule has 2 aliphatic rings. The Balaban J connectivity index is 1.90. The molecule has 2 bridgehead atoms. The number of fused-ring (bicyclic) bond motifs is 2. The number of hydrogen-bond acceptors (Lipinski definition) is 0. The Morgan fingerprint density at radius 3 is 2.46 bits per heavy atom. The van der Waals surface area contributed by atoms with Crippen molar-refractivity contribution >= 4 is 9.52 Å². The SMILES string of the molecule is C[SiH2]CCC1CC2CC1C(C)C2C. The van der Waals surface area contributed by atoms with E-state index in [2.05, 4.69) is 20.4 Å². The predicted octanol–water partition coefficient (Wildman–Crippen LogP) is 2.94. The van der Waals surface area contributed by atoms with Crippen molar-refractivity contribution < 1.29 is 0 Å². The minimum Gasteiger partial charge on any atom is -0.0748 e. The Bertz CT molecular complexity index is 176. The van der Waals surface area contributed by atoms with Crippen LogP contribution in [0.2, 0.25) is 12.6 Å². The van der Waals surface area contributed by atoms with E-state index in [1.807, 2.05) is 0 Å². The van der Waals surface area contributed by atoms with Gasteiger partial charge in [0.25, 0.3) is 0 Å². The fourth-order valence-corrected chi connectivity index (χ4v) is 4.83. The zero-order valence-corrected chi connectivity index (χ0v) is 10.8. The molecule has 0 aromatic carbocycles. The lowest BCUT2D eigenvalue weighted by Gasteiger charge is -2.31. The summed E-state index contributed by atoms with van der Waals surface area (Å²) in [7, 11) is 0.335. The van der Waals surface area contributed by atoms with Crippen molar-refractivity contribution in [3.63, 3.8) is 0 Å². The largest absolute Gasteiger partial charge is 0.0748 e. The van der Waals surface area contributed by atoms with E-state index >= 15 is 0 Å². The van der Waals surface area contributed by atoms with Gasteiger partial charge in [0.05, 0.1) is 0 Å². The van der Waals surface area contributed by atoms with Gasteiger partial charge in [-0.15, -0.1) is 0 Å². The first-order valence-electron chi connectivity index (χ1n) is 6.24. The van der Waals surface area contributed by atoms with E-state index in [0.29, 0.717) is 9.52 Å². The summed E-state index contributed by atoms with van der Waals surface area (Å²) in [6.45, 7) is 7.45. The van der Waals surface area contributed by atoms with Gasteiger partial charge in [0.1, 0.15) is 0 Å². The van der Waals surface area contributed by atoms with Crippen LogP contribution < -0.4 is 0 Å². The molecule has 0 saturated heterocycles. The summed E-state index contributed by atoms with van der Waals surface area (Å²) in [5, 5.41) is 0. The van der Waals surface area contributed by atoms with Gasteiger partial charge in [-0.1, -0.05) is 32.9 Å². The summed E-state index contributed by atoms with van der Waals surface area (Å²) in [4.78, 5) is 0. The van der Waals surface area contributed by atoms with Gasteiger partial charge in [-0.3, -0.25) is 0 Å². The van der Waals surface area contributed by atoms with Crippen LogP contribution in [-0.2, 0) is 0 Å². The summed E-state index contributed by atoms with van der Waals surface area (Å²) in [5.74, 6) is 5.47. The fraction of sp³-hybridized carbons (Fsp3) is 1.00. The van der Waals surface area contributed by atoms with Gasteiger partial charge >= 0.3 is 0 Å². The van der Waals surface area contributed by atoms with E-state index < -0.39 is 0 Å². The van der Waals surface area contributed by atoms with Crippen molar-refractivity contribution in [2.75, 3.05) is 0 Å². The molecule has 0 aliphatic heterocycles. The van der Waals surface area contributed by atoms with E-state index in [-0.39, 0.29) is 0 Å². The van der Waals surface area contributed by atoms with Gasteiger partial charge in [-0.25, -0.2) is 0 Å². The molecule has 2 aliphatic carbocycles. The topological polar surface area (TPSA) is 0 Å². The lowest BCUT2D eigenvalue weighted by molar-refractivity contribution is 0.185. The highest BCUT2D eigenvalue weighted by Crippen LogP contribution is 2.56. The van der Waals surface area contributed by atoms with Gasteiger partial charge in [-0.05, 0) is 42.4 Å². The van der Waals surface area contributed by atoms with Crippen molar-refractivity contribution in [2.24, 2.45) is 29.6 Å². The maximum absolute atomic E-state index is 2.50. The lowest BCUT2D eigenvalue weighted by Crippen LogP contribution is -2.24. The molecule has 0 spiro atoms. The smallest absolute Gasteiger partial charge is 0.0166 e. The third kappa shape index (κ3) is 1.60. The number of hydrogen-bond donors (Lipinski definition) is 0. The second-order valence-electron chi connectivity index (χ2n) is 5.52. The number of rotatable bonds is 3. The van der Waals surface area contributed by atoms with Crippen LogP contribution in [0.4, 0.5) is 0 Å². The molecule has 2 fully saturated rings. The molecule has 0 nitrogen and oxygen atoms in total. The summed E-state index contributed by atoms with van der Waals surface area (Å²) in [5.41, 5.74) is 0. The first-order valence-corrected chi connectivity index (χ1v) is 8.65. The lowest BCUT2D eigenvalue weighted by atomic mass is 9.75. The Labute approximate surface area is 85.3 Å². The normalized spacial score (nSPS) is 49.6. The molecule has 2 saturated carbocycles. The molecular formula is C12H24Si. The van der Waals surface area contributed by atoms with E-state index in [9.17, 15) is 0 Å². The molecule has 2 rings (SSSR count). The van der Waals surface area contributed by atoms with Gasteiger partial charge in [-0.2, -0.15) is 0 Å². The summed E-state index contributed by atoms with van der Waals surface area (Å²) in [6, 6.07) is 1.61. The Hall–Kier alpha value is 0.217. The summed E-state index contributed by atoms with van der Waals surface area (Å²) < 4.78 is 0. The molecule has 0 heterocycles. The molecule has 13 heavy (non-hydrogen) atoms. The molecule has 0 aromatic heterocycles.